The molecule has 0 spiro atoms. The average Bonchev–Trinajstić information content (AvgIpc) is 4.00. The van der Waals surface area contributed by atoms with Gasteiger partial charge in [0.15, 0.2) is 0 Å². The van der Waals surface area contributed by atoms with E-state index in [9.17, 15) is 28.8 Å². The largest absolute Gasteiger partial charge is 0.444 e. The third-order valence-electron chi connectivity index (χ3n) is 10.1. The van der Waals surface area contributed by atoms with Crippen LogP contribution in [0.2, 0.25) is 0 Å². The predicted octanol–water partition coefficient (Wildman–Crippen LogP) is 4.32. The van der Waals surface area contributed by atoms with Crippen LogP contribution in [-0.2, 0) is 36.8 Å². The Labute approximate surface area is 344 Å². The van der Waals surface area contributed by atoms with Crippen molar-refractivity contribution >= 4 is 35.8 Å². The molecule has 2 fully saturated rings. The van der Waals surface area contributed by atoms with Crippen molar-refractivity contribution < 1.29 is 33.5 Å². The number of hydrogen-bond donors (Lipinski definition) is 5. The lowest BCUT2D eigenvalue weighted by molar-refractivity contribution is -0.139. The molecule has 1 saturated carbocycles. The second-order valence-corrected chi connectivity index (χ2v) is 17.1. The first kappa shape index (κ1) is 45.6. The van der Waals surface area contributed by atoms with Crippen molar-refractivity contribution in [2.45, 2.75) is 123 Å². The molecule has 0 bridgehead atoms. The number of carbonyl (C=O) groups excluding carboxylic acids is 6. The van der Waals surface area contributed by atoms with Gasteiger partial charge in [0.2, 0.25) is 23.6 Å². The number of alkyl carbamates (subject to hydrolysis) is 1. The van der Waals surface area contributed by atoms with Gasteiger partial charge in [-0.3, -0.25) is 19.2 Å². The van der Waals surface area contributed by atoms with E-state index in [2.05, 4.69) is 26.6 Å². The molecule has 1 saturated heterocycles. The zero-order valence-electron chi connectivity index (χ0n) is 35.2. The topological polar surface area (TPSA) is 178 Å². The minimum atomic E-state index is -0.989. The van der Waals surface area contributed by atoms with Crippen molar-refractivity contribution in [3.05, 3.63) is 71.8 Å². The van der Waals surface area contributed by atoms with Crippen molar-refractivity contribution in [1.29, 1.82) is 0 Å². The van der Waals surface area contributed by atoms with E-state index in [1.165, 1.54) is 0 Å². The lowest BCUT2D eigenvalue weighted by atomic mass is 9.98. The Hall–Kier alpha value is -5.14. The molecule has 1 aliphatic heterocycles. The Morgan fingerprint density at radius 3 is 1.79 bits per heavy atom. The first-order chi connectivity index (χ1) is 27.6. The zero-order chi connectivity index (χ0) is 42.2. The third kappa shape index (κ3) is 16.0. The Morgan fingerprint density at radius 2 is 1.22 bits per heavy atom. The molecule has 4 rings (SSSR count). The fourth-order valence-electron chi connectivity index (χ4n) is 6.76. The van der Waals surface area contributed by atoms with E-state index in [1.54, 1.807) is 30.6 Å². The molecular weight excluding hydrogens is 739 g/mol. The van der Waals surface area contributed by atoms with E-state index in [4.69, 9.17) is 4.74 Å². The molecule has 0 radical (unpaired) electrons. The predicted molar refractivity (Wildman–Crippen MR) is 222 cm³/mol. The summed E-state index contributed by atoms with van der Waals surface area (Å²) < 4.78 is 5.32. The van der Waals surface area contributed by atoms with Gasteiger partial charge in [0.1, 0.15) is 23.7 Å². The summed E-state index contributed by atoms with van der Waals surface area (Å²) in [7, 11) is 0. The summed E-state index contributed by atoms with van der Waals surface area (Å²) in [5.74, 6) is -1.96. The summed E-state index contributed by atoms with van der Waals surface area (Å²) in [6.45, 7) is 12.8. The van der Waals surface area contributed by atoms with E-state index >= 15 is 0 Å². The second kappa shape index (κ2) is 22.1. The molecule has 5 N–H and O–H groups in total. The van der Waals surface area contributed by atoms with Crippen LogP contribution in [0.1, 0.15) is 91.2 Å². The smallest absolute Gasteiger partial charge is 0.407 e. The van der Waals surface area contributed by atoms with Gasteiger partial charge < -0.3 is 41.1 Å². The summed E-state index contributed by atoms with van der Waals surface area (Å²) in [6, 6.07) is 16.3. The maximum atomic E-state index is 14.2. The first-order valence-corrected chi connectivity index (χ1v) is 20.9. The van der Waals surface area contributed by atoms with Gasteiger partial charge in [-0.15, -0.1) is 0 Å². The number of carbonyl (C=O) groups is 6. The molecule has 2 aliphatic rings. The van der Waals surface area contributed by atoms with E-state index < -0.39 is 47.6 Å². The maximum absolute atomic E-state index is 14.2. The summed E-state index contributed by atoms with van der Waals surface area (Å²) in [5, 5.41) is 14.6. The van der Waals surface area contributed by atoms with E-state index in [0.29, 0.717) is 58.4 Å². The van der Waals surface area contributed by atoms with Crippen LogP contribution in [-0.4, -0.2) is 108 Å². The SMILES string of the molecule is CC(C)C[C@@H](NC(=O)[C@@H](Cc1ccccc1)NC(=O)[C@H](C)Cc1ccccc1)C(=O)N[C@H](CCCCNC(=O)OC(C)(C)C)C(=O)N1CCN(C(=O)NC2CC2)CC1. The number of nitrogens with one attached hydrogen (secondary N) is 5. The van der Waals surface area contributed by atoms with E-state index in [1.807, 2.05) is 81.4 Å². The highest BCUT2D eigenvalue weighted by Crippen LogP contribution is 2.20. The van der Waals surface area contributed by atoms with Crippen molar-refractivity contribution in [2.75, 3.05) is 32.7 Å². The molecule has 58 heavy (non-hydrogen) atoms. The van der Waals surface area contributed by atoms with Crippen molar-refractivity contribution in [1.82, 2.24) is 36.4 Å². The monoisotopic (exact) mass is 803 g/mol. The van der Waals surface area contributed by atoms with E-state index in [-0.39, 0.29) is 42.6 Å². The fraction of sp³-hybridized carbons (Fsp3) is 0.591. The maximum Gasteiger partial charge on any atom is 0.407 e. The standard InChI is InChI=1S/C44H65N7O7/c1-30(2)27-36(49-40(54)37(29-33-17-11-8-12-18-33)48-38(52)31(3)28-32-15-9-7-10-16-32)39(53)47-35(19-13-14-22-45-43(57)58-44(4,5)6)41(55)50-23-25-51(26-24-50)42(56)46-34-20-21-34/h7-12,15-18,30-31,34-37H,13-14,19-29H2,1-6H3,(H,45,57)(H,46,56)(H,47,53)(H,48,52)(H,49,54)/t31-,35-,36-,37-/m1/s1. The number of piperazine rings is 1. The zero-order valence-corrected chi connectivity index (χ0v) is 35.2. The number of ether oxygens (including phenoxy) is 1. The van der Waals surface area contributed by atoms with Crippen molar-refractivity contribution in [3.63, 3.8) is 0 Å². The molecule has 14 heteroatoms. The lowest BCUT2D eigenvalue weighted by Crippen LogP contribution is -2.60. The Bertz CT molecular complexity index is 1650. The highest BCUT2D eigenvalue weighted by atomic mass is 16.6. The molecule has 2 aromatic carbocycles. The Morgan fingerprint density at radius 1 is 0.690 bits per heavy atom. The highest BCUT2D eigenvalue weighted by molar-refractivity contribution is 5.94. The average molecular weight is 804 g/mol. The van der Waals surface area contributed by atoms with Crippen LogP contribution in [0.4, 0.5) is 9.59 Å². The van der Waals surface area contributed by atoms with Crippen LogP contribution in [0, 0.1) is 11.8 Å². The molecule has 0 aromatic heterocycles. The van der Waals surface area contributed by atoms with Crippen molar-refractivity contribution in [2.24, 2.45) is 11.8 Å². The normalized spacial score (nSPS) is 16.3. The minimum absolute atomic E-state index is 0.00653. The van der Waals surface area contributed by atoms with Gasteiger partial charge in [-0.25, -0.2) is 9.59 Å². The van der Waals surface area contributed by atoms with Crippen LogP contribution >= 0.6 is 0 Å². The number of nitrogens with zero attached hydrogens (tertiary/aromatic N) is 2. The van der Waals surface area contributed by atoms with Gasteiger partial charge in [0.25, 0.3) is 0 Å². The van der Waals surface area contributed by atoms with Gasteiger partial charge in [0, 0.05) is 51.1 Å². The third-order valence-corrected chi connectivity index (χ3v) is 10.1. The fourth-order valence-corrected chi connectivity index (χ4v) is 6.76. The Balaban J connectivity index is 1.45. The van der Waals surface area contributed by atoms with Crippen LogP contribution in [0.15, 0.2) is 60.7 Å². The molecule has 2 aromatic rings. The quantitative estimate of drug-likeness (QED) is 0.131. The van der Waals surface area contributed by atoms with Gasteiger partial charge >= 0.3 is 12.1 Å². The van der Waals surface area contributed by atoms with Gasteiger partial charge in [-0.1, -0.05) is 81.4 Å². The van der Waals surface area contributed by atoms with Crippen LogP contribution in [0.5, 0.6) is 0 Å². The number of hydrogen-bond acceptors (Lipinski definition) is 7. The molecule has 0 unspecified atom stereocenters. The van der Waals surface area contributed by atoms with Crippen LogP contribution in [0.25, 0.3) is 0 Å². The van der Waals surface area contributed by atoms with Gasteiger partial charge in [0.05, 0.1) is 0 Å². The molecule has 1 aliphatic carbocycles. The summed E-state index contributed by atoms with van der Waals surface area (Å²) in [5.41, 5.74) is 1.22. The molecule has 1 heterocycles. The Kier molecular flexibility index (Phi) is 17.4. The van der Waals surface area contributed by atoms with Gasteiger partial charge in [-0.05, 0) is 82.8 Å². The molecule has 318 valence electrons. The van der Waals surface area contributed by atoms with E-state index in [0.717, 1.165) is 24.0 Å². The number of unbranched alkanes of at least 4 members (excludes halogenated alkanes) is 1. The summed E-state index contributed by atoms with van der Waals surface area (Å²) in [4.78, 5) is 84.1. The molecule has 14 nitrogen and oxygen atoms in total. The number of urea groups is 1. The second-order valence-electron chi connectivity index (χ2n) is 17.1. The van der Waals surface area contributed by atoms with Crippen LogP contribution in [0.3, 0.4) is 0 Å². The number of benzene rings is 2. The highest BCUT2D eigenvalue weighted by Gasteiger charge is 2.34. The molecular formula is C44H65N7O7. The first-order valence-electron chi connectivity index (χ1n) is 20.9. The van der Waals surface area contributed by atoms with Crippen LogP contribution < -0.4 is 26.6 Å². The number of rotatable bonds is 19. The summed E-state index contributed by atoms with van der Waals surface area (Å²) in [6.07, 6.45) is 3.77. The van der Waals surface area contributed by atoms with Gasteiger partial charge in [-0.2, -0.15) is 0 Å². The summed E-state index contributed by atoms with van der Waals surface area (Å²) >= 11 is 0. The number of amides is 7. The molecule has 4 atom stereocenters. The van der Waals surface area contributed by atoms with Crippen molar-refractivity contribution in [3.8, 4) is 0 Å². The lowest BCUT2D eigenvalue weighted by Gasteiger charge is -2.37. The molecule has 7 amide bonds. The minimum Gasteiger partial charge on any atom is -0.444 e.